The highest BCUT2D eigenvalue weighted by Crippen LogP contribution is 2.05. The molecule has 0 saturated heterocycles. The van der Waals surface area contributed by atoms with E-state index in [0.717, 1.165) is 38.6 Å². The molecule has 1 aromatic heterocycles. The van der Waals surface area contributed by atoms with Crippen molar-refractivity contribution < 1.29 is 0 Å². The van der Waals surface area contributed by atoms with Crippen LogP contribution in [0.2, 0.25) is 0 Å². The highest BCUT2D eigenvalue weighted by atomic mass is 15.3. The Labute approximate surface area is 147 Å². The van der Waals surface area contributed by atoms with Crippen molar-refractivity contribution in [1.29, 1.82) is 0 Å². The molecule has 0 spiro atoms. The van der Waals surface area contributed by atoms with Gasteiger partial charge in [-0.1, -0.05) is 6.92 Å². The van der Waals surface area contributed by atoms with E-state index in [-0.39, 0.29) is 0 Å². The fraction of sp³-hybridized carbons (Fsp3) is 0.778. The van der Waals surface area contributed by atoms with Gasteiger partial charge in [0.25, 0.3) is 0 Å². The molecule has 6 heteroatoms. The molecule has 138 valence electrons. The van der Waals surface area contributed by atoms with Gasteiger partial charge in [-0.2, -0.15) is 5.10 Å². The van der Waals surface area contributed by atoms with Crippen LogP contribution in [0.25, 0.3) is 0 Å². The van der Waals surface area contributed by atoms with E-state index in [0.29, 0.717) is 18.0 Å². The van der Waals surface area contributed by atoms with Gasteiger partial charge in [0.1, 0.15) is 0 Å². The summed E-state index contributed by atoms with van der Waals surface area (Å²) in [5.74, 6) is 1.36. The summed E-state index contributed by atoms with van der Waals surface area (Å²) in [7, 11) is 1.82. The van der Waals surface area contributed by atoms with Crippen LogP contribution in [0.1, 0.15) is 41.0 Å². The molecule has 0 fully saturated rings. The number of nitrogens with zero attached hydrogens (tertiary/aromatic N) is 4. The first-order valence-corrected chi connectivity index (χ1v) is 9.11. The molecule has 0 saturated carbocycles. The summed E-state index contributed by atoms with van der Waals surface area (Å²) in [5, 5.41) is 11.1. The van der Waals surface area contributed by atoms with Crippen LogP contribution in [0.4, 0.5) is 0 Å². The molecule has 0 amide bonds. The minimum atomic E-state index is 0.487. The number of nitrogens with one attached hydrogen (secondary N) is 2. The van der Waals surface area contributed by atoms with Crippen molar-refractivity contribution in [3.63, 3.8) is 0 Å². The summed E-state index contributed by atoms with van der Waals surface area (Å²) in [5.41, 5.74) is 0. The van der Waals surface area contributed by atoms with Crippen LogP contribution in [0.5, 0.6) is 0 Å². The van der Waals surface area contributed by atoms with Crippen molar-refractivity contribution in [2.45, 2.75) is 59.7 Å². The van der Waals surface area contributed by atoms with Crippen LogP contribution >= 0.6 is 0 Å². The fourth-order valence-electron chi connectivity index (χ4n) is 2.86. The van der Waals surface area contributed by atoms with E-state index in [1.54, 1.807) is 0 Å². The van der Waals surface area contributed by atoms with Gasteiger partial charge in [0.2, 0.25) is 0 Å². The van der Waals surface area contributed by atoms with Crippen LogP contribution < -0.4 is 10.6 Å². The molecule has 1 aromatic rings. The van der Waals surface area contributed by atoms with Gasteiger partial charge in [0.15, 0.2) is 5.96 Å². The second kappa shape index (κ2) is 11.1. The van der Waals surface area contributed by atoms with E-state index in [4.69, 9.17) is 0 Å². The lowest BCUT2D eigenvalue weighted by Gasteiger charge is -2.30. The number of hydrogen-bond donors (Lipinski definition) is 2. The zero-order valence-corrected chi connectivity index (χ0v) is 16.3. The van der Waals surface area contributed by atoms with Crippen molar-refractivity contribution in [2.24, 2.45) is 10.9 Å². The van der Waals surface area contributed by atoms with E-state index >= 15 is 0 Å². The number of guanidine groups is 1. The van der Waals surface area contributed by atoms with Gasteiger partial charge in [0, 0.05) is 57.7 Å². The lowest BCUT2D eigenvalue weighted by molar-refractivity contribution is 0.173. The largest absolute Gasteiger partial charge is 0.356 e. The van der Waals surface area contributed by atoms with Crippen molar-refractivity contribution in [3.05, 3.63) is 18.5 Å². The zero-order valence-electron chi connectivity index (χ0n) is 16.3. The van der Waals surface area contributed by atoms with Gasteiger partial charge in [-0.15, -0.1) is 0 Å². The van der Waals surface area contributed by atoms with Gasteiger partial charge < -0.3 is 10.6 Å². The Morgan fingerprint density at radius 2 is 1.88 bits per heavy atom. The smallest absolute Gasteiger partial charge is 0.190 e. The molecule has 0 aliphatic heterocycles. The van der Waals surface area contributed by atoms with Crippen LogP contribution in [0.3, 0.4) is 0 Å². The second-order valence-corrected chi connectivity index (χ2v) is 6.99. The molecule has 0 bridgehead atoms. The quantitative estimate of drug-likeness (QED) is 0.391. The zero-order chi connectivity index (χ0) is 17.9. The Morgan fingerprint density at radius 1 is 1.17 bits per heavy atom. The van der Waals surface area contributed by atoms with Crippen molar-refractivity contribution >= 4 is 5.96 Å². The lowest BCUT2D eigenvalue weighted by Crippen LogP contribution is -2.42. The molecule has 0 aromatic carbocycles. The summed E-state index contributed by atoms with van der Waals surface area (Å²) >= 11 is 0. The Hall–Kier alpha value is -1.56. The van der Waals surface area contributed by atoms with E-state index in [1.807, 2.05) is 30.2 Å². The Balaban J connectivity index is 2.22. The van der Waals surface area contributed by atoms with E-state index in [9.17, 15) is 0 Å². The predicted molar refractivity (Wildman–Crippen MR) is 102 cm³/mol. The minimum absolute atomic E-state index is 0.487. The monoisotopic (exact) mass is 336 g/mol. The highest BCUT2D eigenvalue weighted by Gasteiger charge is 2.12. The maximum absolute atomic E-state index is 4.30. The Kier molecular flexibility index (Phi) is 9.45. The first-order valence-electron chi connectivity index (χ1n) is 9.11. The van der Waals surface area contributed by atoms with Crippen molar-refractivity contribution in [2.75, 3.05) is 26.7 Å². The summed E-state index contributed by atoms with van der Waals surface area (Å²) in [6, 6.07) is 3.13. The molecule has 6 nitrogen and oxygen atoms in total. The minimum Gasteiger partial charge on any atom is -0.356 e. The van der Waals surface area contributed by atoms with Crippen molar-refractivity contribution in [1.82, 2.24) is 25.3 Å². The van der Waals surface area contributed by atoms with Crippen LogP contribution in [0.15, 0.2) is 23.5 Å². The molecule has 1 rings (SSSR count). The third-order valence-electron chi connectivity index (χ3n) is 4.11. The Morgan fingerprint density at radius 3 is 2.42 bits per heavy atom. The molecule has 0 aliphatic rings. The number of hydrogen-bond acceptors (Lipinski definition) is 3. The fourth-order valence-corrected chi connectivity index (χ4v) is 2.86. The lowest BCUT2D eigenvalue weighted by atomic mass is 10.2. The number of rotatable bonds is 10. The molecular formula is C18H36N6. The molecule has 24 heavy (non-hydrogen) atoms. The van der Waals surface area contributed by atoms with Gasteiger partial charge in [-0.3, -0.25) is 14.6 Å². The maximum Gasteiger partial charge on any atom is 0.190 e. The standard InChI is InChI=1S/C18H36N6/c1-15(2)24(16(3)4)12-7-9-20-18(19-6)21-13-17(5)14-23-11-8-10-22-23/h8,10-11,15-17H,7,9,12-14H2,1-6H3,(H2,19,20,21). The normalized spacial score (nSPS) is 13.8. The molecule has 0 aliphatic carbocycles. The second-order valence-electron chi connectivity index (χ2n) is 6.99. The Bertz CT molecular complexity index is 444. The maximum atomic E-state index is 4.30. The number of aliphatic imine (C=N–C) groups is 1. The van der Waals surface area contributed by atoms with E-state index in [1.165, 1.54) is 0 Å². The third-order valence-corrected chi connectivity index (χ3v) is 4.11. The molecule has 2 N–H and O–H groups in total. The van der Waals surface area contributed by atoms with E-state index in [2.05, 4.69) is 60.2 Å². The molecule has 1 heterocycles. The average Bonchev–Trinajstić information content (AvgIpc) is 3.02. The topological polar surface area (TPSA) is 57.5 Å². The summed E-state index contributed by atoms with van der Waals surface area (Å²) in [6.07, 6.45) is 4.93. The number of aromatic nitrogens is 2. The van der Waals surface area contributed by atoms with Gasteiger partial charge >= 0.3 is 0 Å². The van der Waals surface area contributed by atoms with Crippen molar-refractivity contribution in [3.8, 4) is 0 Å². The third kappa shape index (κ3) is 7.81. The predicted octanol–water partition coefficient (Wildman–Crippen LogP) is 2.19. The summed E-state index contributed by atoms with van der Waals surface area (Å²) < 4.78 is 1.97. The van der Waals surface area contributed by atoms with Crippen LogP contribution in [-0.4, -0.2) is 59.4 Å². The average molecular weight is 337 g/mol. The van der Waals surface area contributed by atoms with Crippen LogP contribution in [0, 0.1) is 5.92 Å². The van der Waals surface area contributed by atoms with E-state index < -0.39 is 0 Å². The molecule has 1 unspecified atom stereocenters. The molecule has 1 atom stereocenters. The summed E-state index contributed by atoms with van der Waals surface area (Å²) in [4.78, 5) is 6.82. The first-order chi connectivity index (χ1) is 11.4. The van der Waals surface area contributed by atoms with Crippen LogP contribution in [-0.2, 0) is 6.54 Å². The highest BCUT2D eigenvalue weighted by molar-refractivity contribution is 5.79. The first kappa shape index (κ1) is 20.5. The van der Waals surface area contributed by atoms with Gasteiger partial charge in [0.05, 0.1) is 0 Å². The molecule has 0 radical (unpaired) electrons. The van der Waals surface area contributed by atoms with Gasteiger partial charge in [-0.25, -0.2) is 0 Å². The summed E-state index contributed by atoms with van der Waals surface area (Å²) in [6.45, 7) is 15.1. The van der Waals surface area contributed by atoms with Gasteiger partial charge in [-0.05, 0) is 46.1 Å². The SMILES string of the molecule is CN=C(NCCCN(C(C)C)C(C)C)NCC(C)Cn1cccn1. The molecular weight excluding hydrogens is 300 g/mol.